The van der Waals surface area contributed by atoms with Crippen molar-refractivity contribution in [3.05, 3.63) is 0 Å². The van der Waals surface area contributed by atoms with E-state index in [1.165, 1.54) is 11.8 Å². The van der Waals surface area contributed by atoms with Gasteiger partial charge in [-0.2, -0.15) is 11.8 Å². The van der Waals surface area contributed by atoms with E-state index in [1.807, 2.05) is 0 Å². The van der Waals surface area contributed by atoms with Gasteiger partial charge in [-0.05, 0) is 18.6 Å². The highest BCUT2D eigenvalue weighted by Crippen LogP contribution is 2.36. The van der Waals surface area contributed by atoms with Gasteiger partial charge in [-0.15, -0.1) is 0 Å². The number of nitrogens with zero attached hydrogens (tertiary/aromatic N) is 1. The number of carbonyl (C=O) groups is 2. The van der Waals surface area contributed by atoms with Crippen molar-refractivity contribution in [3.8, 4) is 0 Å². The van der Waals surface area contributed by atoms with Gasteiger partial charge < -0.3 is 10.0 Å². The summed E-state index contributed by atoms with van der Waals surface area (Å²) in [5.74, 6) is 1.42. The van der Waals surface area contributed by atoms with E-state index in [0.29, 0.717) is 18.7 Å². The van der Waals surface area contributed by atoms with Crippen LogP contribution in [-0.4, -0.2) is 50.6 Å². The molecule has 1 amide bonds. The first-order chi connectivity index (χ1) is 7.17. The van der Waals surface area contributed by atoms with Gasteiger partial charge in [0.05, 0.1) is 0 Å². The van der Waals surface area contributed by atoms with E-state index in [9.17, 15) is 14.7 Å². The Morgan fingerprint density at radius 3 is 2.73 bits per heavy atom. The maximum Gasteiger partial charge on any atom is 0.330 e. The van der Waals surface area contributed by atoms with Crippen LogP contribution in [0.4, 0.5) is 4.79 Å². The third-order valence-corrected chi connectivity index (χ3v) is 5.01. The van der Waals surface area contributed by atoms with Gasteiger partial charge in [0, 0.05) is 18.1 Å². The summed E-state index contributed by atoms with van der Waals surface area (Å²) in [6.07, 6.45) is 1.48. The van der Waals surface area contributed by atoms with Crippen molar-refractivity contribution < 1.29 is 14.7 Å². The van der Waals surface area contributed by atoms with Gasteiger partial charge in [-0.1, -0.05) is 11.8 Å². The zero-order valence-corrected chi connectivity index (χ0v) is 9.90. The van der Waals surface area contributed by atoms with E-state index in [-0.39, 0.29) is 5.24 Å². The summed E-state index contributed by atoms with van der Waals surface area (Å²) in [5, 5.41) is 9.28. The van der Waals surface area contributed by atoms with Gasteiger partial charge in [-0.25, -0.2) is 4.79 Å². The summed E-state index contributed by atoms with van der Waals surface area (Å²) in [6, 6.07) is 0. The molecule has 0 spiro atoms. The number of carboxylic acids is 1. The fourth-order valence-corrected chi connectivity index (χ4v) is 4.18. The summed E-state index contributed by atoms with van der Waals surface area (Å²) in [4.78, 5) is 24.6. The van der Waals surface area contributed by atoms with Gasteiger partial charge in [-0.3, -0.25) is 4.79 Å². The van der Waals surface area contributed by atoms with Gasteiger partial charge in [0.1, 0.15) is 5.54 Å². The molecule has 6 heteroatoms. The van der Waals surface area contributed by atoms with E-state index in [1.54, 1.807) is 16.7 Å². The van der Waals surface area contributed by atoms with Gasteiger partial charge in [0.2, 0.25) is 0 Å². The second-order valence-electron chi connectivity index (χ2n) is 3.76. The minimum Gasteiger partial charge on any atom is -0.479 e. The monoisotopic (exact) mass is 247 g/mol. The van der Waals surface area contributed by atoms with Gasteiger partial charge in [0.25, 0.3) is 5.24 Å². The molecule has 4 nitrogen and oxygen atoms in total. The molecule has 0 radical (unpaired) electrons. The minimum atomic E-state index is -0.927. The van der Waals surface area contributed by atoms with Crippen molar-refractivity contribution in [1.82, 2.24) is 4.90 Å². The SMILES string of the molecule is O=C1SCCN1C1(C(=O)O)CCCSC1. The molecule has 0 bridgehead atoms. The zero-order valence-electron chi connectivity index (χ0n) is 8.27. The molecule has 0 aromatic carbocycles. The van der Waals surface area contributed by atoms with Crippen molar-refractivity contribution in [3.63, 3.8) is 0 Å². The molecule has 2 aliphatic rings. The third-order valence-electron chi connectivity index (χ3n) is 2.90. The van der Waals surface area contributed by atoms with Crippen LogP contribution in [0.1, 0.15) is 12.8 Å². The average Bonchev–Trinajstić information content (AvgIpc) is 2.66. The lowest BCUT2D eigenvalue weighted by Gasteiger charge is -2.39. The molecule has 84 valence electrons. The number of aliphatic carboxylic acids is 1. The number of amides is 1. The van der Waals surface area contributed by atoms with Crippen LogP contribution in [-0.2, 0) is 4.79 Å². The standard InChI is InChI=1S/C9H13NO3S2/c11-7(12)9(2-1-4-14-6-9)10-3-5-15-8(10)13/h1-6H2,(H,11,12). The van der Waals surface area contributed by atoms with Gasteiger partial charge in [0.15, 0.2) is 0 Å². The first-order valence-electron chi connectivity index (χ1n) is 4.92. The summed E-state index contributed by atoms with van der Waals surface area (Å²) in [7, 11) is 0. The van der Waals surface area contributed by atoms with Crippen LogP contribution < -0.4 is 0 Å². The molecule has 1 N–H and O–H groups in total. The molecular weight excluding hydrogens is 234 g/mol. The lowest BCUT2D eigenvalue weighted by Crippen LogP contribution is -2.58. The Bertz CT molecular complexity index is 289. The molecule has 0 aromatic rings. The van der Waals surface area contributed by atoms with Crippen LogP contribution in [0.25, 0.3) is 0 Å². The molecule has 0 aromatic heterocycles. The summed E-state index contributed by atoms with van der Waals surface area (Å²) < 4.78 is 0. The second-order valence-corrected chi connectivity index (χ2v) is 5.91. The average molecular weight is 247 g/mol. The highest BCUT2D eigenvalue weighted by atomic mass is 32.2. The van der Waals surface area contributed by atoms with Crippen LogP contribution in [0.3, 0.4) is 0 Å². The Morgan fingerprint density at radius 1 is 1.47 bits per heavy atom. The van der Waals surface area contributed by atoms with E-state index in [4.69, 9.17) is 0 Å². The second kappa shape index (κ2) is 4.25. The van der Waals surface area contributed by atoms with Crippen LogP contribution in [0.2, 0.25) is 0 Å². The molecule has 0 saturated carbocycles. The van der Waals surface area contributed by atoms with Crippen LogP contribution in [0.15, 0.2) is 0 Å². The fourth-order valence-electron chi connectivity index (χ4n) is 2.06. The number of hydrogen-bond acceptors (Lipinski definition) is 4. The Hall–Kier alpha value is -0.360. The molecule has 2 fully saturated rings. The molecule has 1 atom stereocenters. The van der Waals surface area contributed by atoms with Crippen molar-refractivity contribution in [2.24, 2.45) is 0 Å². The van der Waals surface area contributed by atoms with Crippen LogP contribution >= 0.6 is 23.5 Å². The first-order valence-corrected chi connectivity index (χ1v) is 7.06. The topological polar surface area (TPSA) is 57.6 Å². The number of carboxylic acid groups (broad SMARTS) is 1. The molecular formula is C9H13NO3S2. The summed E-state index contributed by atoms with van der Waals surface area (Å²) in [6.45, 7) is 0.580. The lowest BCUT2D eigenvalue weighted by atomic mass is 9.93. The number of hydrogen-bond donors (Lipinski definition) is 1. The number of carbonyl (C=O) groups excluding carboxylic acids is 1. The Kier molecular flexibility index (Phi) is 3.16. The van der Waals surface area contributed by atoms with Crippen molar-refractivity contribution >= 4 is 34.7 Å². The minimum absolute atomic E-state index is 0.0695. The Morgan fingerprint density at radius 2 is 2.27 bits per heavy atom. The predicted octanol–water partition coefficient (Wildman–Crippen LogP) is 1.51. The lowest BCUT2D eigenvalue weighted by molar-refractivity contribution is -0.148. The molecule has 2 rings (SSSR count). The Labute approximate surface area is 96.8 Å². The van der Waals surface area contributed by atoms with Crippen molar-refractivity contribution in [1.29, 1.82) is 0 Å². The maximum atomic E-state index is 11.6. The molecule has 15 heavy (non-hydrogen) atoms. The summed E-state index contributed by atoms with van der Waals surface area (Å²) in [5.41, 5.74) is -0.927. The molecule has 2 heterocycles. The molecule has 0 aliphatic carbocycles. The zero-order chi connectivity index (χ0) is 10.9. The highest BCUT2D eigenvalue weighted by molar-refractivity contribution is 8.13. The van der Waals surface area contributed by atoms with Crippen LogP contribution in [0.5, 0.6) is 0 Å². The smallest absolute Gasteiger partial charge is 0.330 e. The molecule has 2 saturated heterocycles. The maximum absolute atomic E-state index is 11.6. The van der Waals surface area contributed by atoms with E-state index < -0.39 is 11.5 Å². The van der Waals surface area contributed by atoms with Crippen molar-refractivity contribution in [2.75, 3.05) is 23.8 Å². The highest BCUT2D eigenvalue weighted by Gasteiger charge is 2.49. The van der Waals surface area contributed by atoms with Crippen molar-refractivity contribution in [2.45, 2.75) is 18.4 Å². The van der Waals surface area contributed by atoms with Gasteiger partial charge >= 0.3 is 5.97 Å². The first kappa shape index (κ1) is 11.1. The fraction of sp³-hybridized carbons (Fsp3) is 0.778. The number of rotatable bonds is 2. The predicted molar refractivity (Wildman–Crippen MR) is 61.5 cm³/mol. The third kappa shape index (κ3) is 1.85. The number of thioether (sulfide) groups is 2. The normalized spacial score (nSPS) is 32.0. The summed E-state index contributed by atoms with van der Waals surface area (Å²) >= 11 is 2.86. The van der Waals surface area contributed by atoms with Crippen LogP contribution in [0, 0.1) is 0 Å². The van der Waals surface area contributed by atoms with E-state index in [2.05, 4.69) is 0 Å². The largest absolute Gasteiger partial charge is 0.479 e. The quantitative estimate of drug-likeness (QED) is 0.801. The molecule has 1 unspecified atom stereocenters. The molecule has 2 aliphatic heterocycles. The van der Waals surface area contributed by atoms with E-state index in [0.717, 1.165) is 17.9 Å². The Balaban J connectivity index is 2.24. The van der Waals surface area contributed by atoms with E-state index >= 15 is 0 Å².